The molecule has 1 aromatic heterocycles. The van der Waals surface area contributed by atoms with Crippen LogP contribution >= 0.6 is 19.2 Å². The number of hydrogen-bond donors (Lipinski definition) is 2. The summed E-state index contributed by atoms with van der Waals surface area (Å²) >= 11 is 6.02. The van der Waals surface area contributed by atoms with E-state index in [1.807, 2.05) is 35.6 Å². The number of nitrogens with zero attached hydrogens (tertiary/aromatic N) is 2. The zero-order valence-electron chi connectivity index (χ0n) is 8.61. The van der Waals surface area contributed by atoms with Crippen LogP contribution in [0.2, 0.25) is 5.02 Å². The number of rotatable bonds is 1. The summed E-state index contributed by atoms with van der Waals surface area (Å²) in [6.07, 6.45) is 1.54. The summed E-state index contributed by atoms with van der Waals surface area (Å²) in [5.74, 6) is 0.678. The van der Waals surface area contributed by atoms with Gasteiger partial charge in [0.2, 0.25) is 0 Å². The van der Waals surface area contributed by atoms with Crippen molar-refractivity contribution in [3.05, 3.63) is 35.5 Å². The van der Waals surface area contributed by atoms with Gasteiger partial charge in [0, 0.05) is 0 Å². The fraction of sp³-hybridized carbons (Fsp3) is 0.100. The van der Waals surface area contributed by atoms with Crippen LogP contribution in [0.4, 0.5) is 11.5 Å². The molecule has 0 spiro atoms. The van der Waals surface area contributed by atoms with E-state index in [0.29, 0.717) is 10.8 Å². The molecule has 0 fully saturated rings. The van der Waals surface area contributed by atoms with E-state index >= 15 is 0 Å². The van der Waals surface area contributed by atoms with Gasteiger partial charge in [0.15, 0.2) is 0 Å². The zero-order chi connectivity index (χ0) is 11.3. The van der Waals surface area contributed by atoms with Crippen LogP contribution in [0.25, 0.3) is 0 Å². The Morgan fingerprint density at radius 2 is 2.19 bits per heavy atom. The second-order valence-electron chi connectivity index (χ2n) is 3.94. The first-order valence-corrected chi connectivity index (χ1v) is 7.70. The van der Waals surface area contributed by atoms with Crippen LogP contribution in [0.3, 0.4) is 0 Å². The van der Waals surface area contributed by atoms with Crippen molar-refractivity contribution in [1.29, 1.82) is 0 Å². The van der Waals surface area contributed by atoms with Crippen molar-refractivity contribution < 1.29 is 4.89 Å². The molecule has 0 saturated heterocycles. The second kappa shape index (κ2) is 3.20. The van der Waals surface area contributed by atoms with Gasteiger partial charge >= 0.3 is 98.0 Å². The van der Waals surface area contributed by atoms with Crippen molar-refractivity contribution in [2.45, 2.75) is 0 Å². The first-order valence-electron chi connectivity index (χ1n) is 4.93. The third-order valence-corrected chi connectivity index (χ3v) is 5.94. The molecule has 16 heavy (non-hydrogen) atoms. The van der Waals surface area contributed by atoms with E-state index in [9.17, 15) is 4.89 Å². The summed E-state index contributed by atoms with van der Waals surface area (Å²) in [4.78, 5) is 10.5. The van der Waals surface area contributed by atoms with E-state index in [-0.39, 0.29) is 0 Å². The molecule has 1 aromatic carbocycles. The third-order valence-electron chi connectivity index (χ3n) is 2.89. The normalized spacial score (nSPS) is 18.8. The average Bonchev–Trinajstić information content (AvgIpc) is 2.65. The Morgan fingerprint density at radius 3 is 2.88 bits per heavy atom. The molecule has 4 nitrogen and oxygen atoms in total. The van der Waals surface area contributed by atoms with Crippen LogP contribution in [-0.2, 0) is 0 Å². The molecule has 0 radical (unpaired) electrons. The van der Waals surface area contributed by atoms with Crippen molar-refractivity contribution >= 4 is 36.1 Å². The molecule has 3 rings (SSSR count). The summed E-state index contributed by atoms with van der Waals surface area (Å²) < 4.78 is 1.87. The van der Waals surface area contributed by atoms with Crippen molar-refractivity contribution in [3.8, 4) is 0 Å². The Labute approximate surface area is 98.3 Å². The van der Waals surface area contributed by atoms with Gasteiger partial charge in [-0.05, 0) is 0 Å². The van der Waals surface area contributed by atoms with E-state index in [0.717, 1.165) is 11.0 Å². The summed E-state index contributed by atoms with van der Waals surface area (Å²) in [6, 6.07) is 7.81. The molecule has 2 aromatic rings. The SMILES string of the molecule is C[PH]1(O)c2ccccc2N1c1[nH]ncc1Cl. The van der Waals surface area contributed by atoms with Crippen LogP contribution in [0.15, 0.2) is 30.5 Å². The topological polar surface area (TPSA) is 52.1 Å². The van der Waals surface area contributed by atoms with Gasteiger partial charge in [-0.1, -0.05) is 0 Å². The van der Waals surface area contributed by atoms with Gasteiger partial charge in [-0.2, -0.15) is 0 Å². The zero-order valence-corrected chi connectivity index (χ0v) is 10.4. The first kappa shape index (κ1) is 10.1. The van der Waals surface area contributed by atoms with Crippen LogP contribution in [-0.4, -0.2) is 21.8 Å². The Morgan fingerprint density at radius 1 is 1.44 bits per heavy atom. The third kappa shape index (κ3) is 1.15. The Kier molecular flexibility index (Phi) is 2.02. The summed E-state index contributed by atoms with van der Waals surface area (Å²) in [6.45, 7) is 1.87. The predicted octanol–water partition coefficient (Wildman–Crippen LogP) is 2.04. The fourth-order valence-electron chi connectivity index (χ4n) is 2.13. The van der Waals surface area contributed by atoms with Gasteiger partial charge in [-0.25, -0.2) is 0 Å². The van der Waals surface area contributed by atoms with Gasteiger partial charge in [0.1, 0.15) is 0 Å². The van der Waals surface area contributed by atoms with E-state index in [4.69, 9.17) is 11.6 Å². The van der Waals surface area contributed by atoms with E-state index in [1.165, 1.54) is 0 Å². The molecule has 0 atom stereocenters. The fourth-order valence-corrected chi connectivity index (χ4v) is 4.82. The van der Waals surface area contributed by atoms with Gasteiger partial charge in [0.05, 0.1) is 0 Å². The van der Waals surface area contributed by atoms with Gasteiger partial charge in [-0.15, -0.1) is 0 Å². The van der Waals surface area contributed by atoms with Crippen molar-refractivity contribution in [2.24, 2.45) is 0 Å². The van der Waals surface area contributed by atoms with Gasteiger partial charge in [0.25, 0.3) is 0 Å². The molecule has 2 heterocycles. The van der Waals surface area contributed by atoms with E-state index in [1.54, 1.807) is 6.20 Å². The number of H-pyrrole nitrogens is 1. The van der Waals surface area contributed by atoms with Crippen molar-refractivity contribution in [1.82, 2.24) is 10.2 Å². The average molecular weight is 256 g/mol. The Bertz CT molecular complexity index is 555. The predicted molar refractivity (Wildman–Crippen MR) is 68.3 cm³/mol. The molecule has 0 bridgehead atoms. The minimum absolute atomic E-state index is 0.530. The van der Waals surface area contributed by atoms with Crippen molar-refractivity contribution in [2.75, 3.05) is 11.3 Å². The molecule has 0 saturated carbocycles. The maximum absolute atomic E-state index is 10.5. The number of hydrogen-bond acceptors (Lipinski definition) is 3. The molecule has 6 heteroatoms. The minimum atomic E-state index is -2.56. The molecular weight excluding hydrogens is 245 g/mol. The standard InChI is InChI=1S/C10H11ClN3OP/c1-16(15)9-5-3-2-4-8(9)14(16)10-7(11)6-12-13-10/h2-6,15-16H,1H3,(H,12,13). The molecule has 0 amide bonds. The number of nitrogens with one attached hydrogen (secondary N) is 1. The number of benzene rings is 1. The van der Waals surface area contributed by atoms with Gasteiger partial charge < -0.3 is 0 Å². The number of anilines is 2. The van der Waals surface area contributed by atoms with Crippen LogP contribution in [0, 0.1) is 0 Å². The summed E-state index contributed by atoms with van der Waals surface area (Å²) in [5.41, 5.74) is 1.00. The first-order chi connectivity index (χ1) is 7.62. The second-order valence-corrected chi connectivity index (χ2v) is 7.37. The molecule has 0 unspecified atom stereocenters. The summed E-state index contributed by atoms with van der Waals surface area (Å²) in [7, 11) is -2.56. The molecule has 1 aliphatic heterocycles. The number of aromatic amines is 1. The van der Waals surface area contributed by atoms with Crippen LogP contribution in [0.1, 0.15) is 0 Å². The van der Waals surface area contributed by atoms with Crippen LogP contribution in [0.5, 0.6) is 0 Å². The molecule has 1 aliphatic rings. The molecule has 2 N–H and O–H groups in total. The Hall–Kier alpha value is -1.09. The summed E-state index contributed by atoms with van der Waals surface area (Å²) in [5, 5.41) is 8.26. The monoisotopic (exact) mass is 255 g/mol. The van der Waals surface area contributed by atoms with E-state index in [2.05, 4.69) is 10.2 Å². The number of para-hydroxylation sites is 1. The van der Waals surface area contributed by atoms with E-state index < -0.39 is 7.64 Å². The Balaban J connectivity index is 2.16. The maximum atomic E-state index is 10.5. The van der Waals surface area contributed by atoms with Gasteiger partial charge in [-0.3, -0.25) is 0 Å². The molecule has 84 valence electrons. The van der Waals surface area contributed by atoms with Crippen LogP contribution < -0.4 is 9.97 Å². The van der Waals surface area contributed by atoms with Crippen molar-refractivity contribution in [3.63, 3.8) is 0 Å². The molecular formula is C10H11ClN3OP. The molecule has 0 aliphatic carbocycles. The number of fused-ring (bicyclic) bond motifs is 1. The number of aromatic nitrogens is 2. The number of halogens is 1. The quantitative estimate of drug-likeness (QED) is 0.767.